The lowest BCUT2D eigenvalue weighted by atomic mass is 10.2. The number of para-hydroxylation sites is 1. The molecule has 0 fully saturated rings. The van der Waals surface area contributed by atoms with Crippen molar-refractivity contribution < 1.29 is 17.6 Å². The van der Waals surface area contributed by atoms with Crippen LogP contribution < -0.4 is 5.32 Å². The van der Waals surface area contributed by atoms with Gasteiger partial charge in [-0.05, 0) is 18.7 Å². The molecule has 0 amide bonds. The first-order valence-corrected chi connectivity index (χ1v) is 6.05. The van der Waals surface area contributed by atoms with E-state index in [2.05, 4.69) is 10.4 Å². The Morgan fingerprint density at radius 3 is 2.55 bits per heavy atom. The molecule has 0 bridgehead atoms. The summed E-state index contributed by atoms with van der Waals surface area (Å²) in [7, 11) is 0. The minimum Gasteiger partial charge on any atom is -0.313 e. The maximum Gasteiger partial charge on any atom is 0.433 e. The molecule has 0 aliphatic rings. The van der Waals surface area contributed by atoms with Gasteiger partial charge in [0.2, 0.25) is 0 Å². The Morgan fingerprint density at radius 1 is 1.25 bits per heavy atom. The third kappa shape index (κ3) is 2.82. The molecule has 0 radical (unpaired) electrons. The summed E-state index contributed by atoms with van der Waals surface area (Å²) in [5, 5.41) is 6.49. The van der Waals surface area contributed by atoms with Gasteiger partial charge in [0.05, 0.1) is 6.20 Å². The molecule has 2 rings (SSSR count). The molecule has 7 heteroatoms. The second kappa shape index (κ2) is 5.62. The molecule has 3 nitrogen and oxygen atoms in total. The molecule has 108 valence electrons. The number of benzene rings is 1. The number of hydrogen-bond acceptors (Lipinski definition) is 2. The summed E-state index contributed by atoms with van der Waals surface area (Å²) < 4.78 is 53.8. The third-order valence-corrected chi connectivity index (χ3v) is 2.76. The summed E-state index contributed by atoms with van der Waals surface area (Å²) in [6.45, 7) is 2.34. The number of halogens is 4. The molecule has 20 heavy (non-hydrogen) atoms. The van der Waals surface area contributed by atoms with E-state index in [9.17, 15) is 17.6 Å². The van der Waals surface area contributed by atoms with Gasteiger partial charge in [0.15, 0.2) is 5.69 Å². The molecule has 1 aromatic heterocycles. The Bertz CT molecular complexity index is 590. The van der Waals surface area contributed by atoms with Crippen LogP contribution in [0.15, 0.2) is 30.5 Å². The maximum absolute atomic E-state index is 13.7. The van der Waals surface area contributed by atoms with Gasteiger partial charge in [-0.1, -0.05) is 19.1 Å². The van der Waals surface area contributed by atoms with Crippen molar-refractivity contribution in [3.63, 3.8) is 0 Å². The van der Waals surface area contributed by atoms with Gasteiger partial charge in [-0.25, -0.2) is 9.07 Å². The lowest BCUT2D eigenvalue weighted by molar-refractivity contribution is -0.143. The summed E-state index contributed by atoms with van der Waals surface area (Å²) in [6.07, 6.45) is -3.50. The van der Waals surface area contributed by atoms with Crippen molar-refractivity contribution in [2.75, 3.05) is 6.54 Å². The lowest BCUT2D eigenvalue weighted by Crippen LogP contribution is -2.19. The second-order valence-corrected chi connectivity index (χ2v) is 4.16. The minimum absolute atomic E-state index is 0.0115. The summed E-state index contributed by atoms with van der Waals surface area (Å²) in [5.74, 6) is -0.754. The smallest absolute Gasteiger partial charge is 0.313 e. The van der Waals surface area contributed by atoms with Crippen LogP contribution in [-0.4, -0.2) is 16.3 Å². The SMILES string of the molecule is CCNCc1cnn(-c2ccccc2F)c1C(F)(F)F. The van der Waals surface area contributed by atoms with E-state index in [-0.39, 0.29) is 17.8 Å². The van der Waals surface area contributed by atoms with Crippen molar-refractivity contribution in [3.05, 3.63) is 47.5 Å². The zero-order valence-electron chi connectivity index (χ0n) is 10.7. The first-order chi connectivity index (χ1) is 9.45. The molecule has 0 aliphatic carbocycles. The van der Waals surface area contributed by atoms with Gasteiger partial charge in [0.25, 0.3) is 0 Å². The Hall–Kier alpha value is -1.89. The topological polar surface area (TPSA) is 29.9 Å². The zero-order valence-corrected chi connectivity index (χ0v) is 10.7. The van der Waals surface area contributed by atoms with Crippen LogP contribution >= 0.6 is 0 Å². The first-order valence-electron chi connectivity index (χ1n) is 6.05. The molecule has 1 N–H and O–H groups in total. The molecule has 0 saturated heterocycles. The van der Waals surface area contributed by atoms with E-state index in [1.807, 2.05) is 0 Å². The highest BCUT2D eigenvalue weighted by Gasteiger charge is 2.38. The van der Waals surface area contributed by atoms with Crippen LogP contribution in [0.5, 0.6) is 0 Å². The zero-order chi connectivity index (χ0) is 14.8. The monoisotopic (exact) mass is 287 g/mol. The highest BCUT2D eigenvalue weighted by atomic mass is 19.4. The Labute approximate surface area is 113 Å². The van der Waals surface area contributed by atoms with Gasteiger partial charge in [-0.2, -0.15) is 18.3 Å². The highest BCUT2D eigenvalue weighted by molar-refractivity contribution is 5.37. The van der Waals surface area contributed by atoms with E-state index < -0.39 is 17.7 Å². The van der Waals surface area contributed by atoms with Crippen LogP contribution in [0.25, 0.3) is 5.69 Å². The van der Waals surface area contributed by atoms with Gasteiger partial charge in [-0.3, -0.25) is 0 Å². The van der Waals surface area contributed by atoms with Crippen LogP contribution in [-0.2, 0) is 12.7 Å². The van der Waals surface area contributed by atoms with Gasteiger partial charge in [-0.15, -0.1) is 0 Å². The van der Waals surface area contributed by atoms with E-state index in [0.29, 0.717) is 11.2 Å². The van der Waals surface area contributed by atoms with Gasteiger partial charge >= 0.3 is 6.18 Å². The van der Waals surface area contributed by atoms with Crippen LogP contribution in [0.4, 0.5) is 17.6 Å². The molecule has 0 saturated carbocycles. The average molecular weight is 287 g/mol. The van der Waals surface area contributed by atoms with E-state index in [1.54, 1.807) is 6.92 Å². The standard InChI is InChI=1S/C13H13F4N3/c1-2-18-7-9-8-19-20(12(9)13(15,16)17)11-6-4-3-5-10(11)14/h3-6,8,18H,2,7H2,1H3. The van der Waals surface area contributed by atoms with Crippen LogP contribution in [0.3, 0.4) is 0 Å². The number of hydrogen-bond donors (Lipinski definition) is 1. The normalized spacial score (nSPS) is 11.8. The maximum atomic E-state index is 13.7. The molecular formula is C13H13F4N3. The predicted octanol–water partition coefficient (Wildman–Crippen LogP) is 3.14. The average Bonchev–Trinajstić information content (AvgIpc) is 2.80. The number of aromatic nitrogens is 2. The van der Waals surface area contributed by atoms with E-state index >= 15 is 0 Å². The van der Waals surface area contributed by atoms with Crippen molar-refractivity contribution in [1.82, 2.24) is 15.1 Å². The van der Waals surface area contributed by atoms with Crippen molar-refractivity contribution in [2.45, 2.75) is 19.6 Å². The summed E-state index contributed by atoms with van der Waals surface area (Å²) in [6, 6.07) is 5.23. The van der Waals surface area contributed by atoms with Crippen molar-refractivity contribution in [1.29, 1.82) is 0 Å². The molecule has 0 atom stereocenters. The minimum atomic E-state index is -4.61. The predicted molar refractivity (Wildman–Crippen MR) is 65.9 cm³/mol. The number of rotatable bonds is 4. The third-order valence-electron chi connectivity index (χ3n) is 2.76. The van der Waals surface area contributed by atoms with Crippen LogP contribution in [0.2, 0.25) is 0 Å². The molecule has 0 unspecified atom stereocenters. The first kappa shape index (κ1) is 14.5. The lowest BCUT2D eigenvalue weighted by Gasteiger charge is -2.13. The van der Waals surface area contributed by atoms with Gasteiger partial charge < -0.3 is 5.32 Å². The van der Waals surface area contributed by atoms with Crippen LogP contribution in [0.1, 0.15) is 18.2 Å². The number of nitrogens with zero attached hydrogens (tertiary/aromatic N) is 2. The second-order valence-electron chi connectivity index (χ2n) is 4.16. The van der Waals surface area contributed by atoms with E-state index in [1.165, 1.54) is 18.2 Å². The quantitative estimate of drug-likeness (QED) is 0.876. The summed E-state index contributed by atoms with van der Waals surface area (Å²) >= 11 is 0. The fourth-order valence-electron chi connectivity index (χ4n) is 1.88. The molecule has 1 heterocycles. The fraction of sp³-hybridized carbons (Fsp3) is 0.308. The van der Waals surface area contributed by atoms with Gasteiger partial charge in [0.1, 0.15) is 11.5 Å². The van der Waals surface area contributed by atoms with Crippen molar-refractivity contribution in [3.8, 4) is 5.69 Å². The Balaban J connectivity index is 2.54. The molecule has 0 spiro atoms. The van der Waals surface area contributed by atoms with E-state index in [0.717, 1.165) is 12.3 Å². The van der Waals surface area contributed by atoms with E-state index in [4.69, 9.17) is 0 Å². The summed E-state index contributed by atoms with van der Waals surface area (Å²) in [4.78, 5) is 0. The number of alkyl halides is 3. The molecular weight excluding hydrogens is 274 g/mol. The van der Waals surface area contributed by atoms with Crippen LogP contribution in [0, 0.1) is 5.82 Å². The number of nitrogens with one attached hydrogen (secondary N) is 1. The molecule has 1 aromatic carbocycles. The Morgan fingerprint density at radius 2 is 1.95 bits per heavy atom. The fourth-order valence-corrected chi connectivity index (χ4v) is 1.88. The van der Waals surface area contributed by atoms with Crippen molar-refractivity contribution in [2.24, 2.45) is 0 Å². The molecule has 0 aliphatic heterocycles. The molecule has 2 aromatic rings. The highest BCUT2D eigenvalue weighted by Crippen LogP contribution is 2.34. The van der Waals surface area contributed by atoms with Crippen molar-refractivity contribution >= 4 is 0 Å². The summed E-state index contributed by atoms with van der Waals surface area (Å²) in [5.41, 5.74) is -1.19. The largest absolute Gasteiger partial charge is 0.433 e. The Kier molecular flexibility index (Phi) is 4.08. The van der Waals surface area contributed by atoms with Gasteiger partial charge in [0, 0.05) is 12.1 Å².